The van der Waals surface area contributed by atoms with Gasteiger partial charge in [-0.1, -0.05) is 6.07 Å². The first-order valence-electron chi connectivity index (χ1n) is 8.81. The smallest absolute Gasteiger partial charge is 0.227 e. The van der Waals surface area contributed by atoms with Crippen LogP contribution in [-0.4, -0.2) is 37.7 Å². The van der Waals surface area contributed by atoms with Gasteiger partial charge in [0.1, 0.15) is 0 Å². The molecule has 3 rings (SSSR count). The van der Waals surface area contributed by atoms with Crippen LogP contribution in [-0.2, 0) is 22.5 Å². The zero-order chi connectivity index (χ0) is 17.6. The van der Waals surface area contributed by atoms with Crippen LogP contribution < -0.4 is 10.2 Å². The molecule has 1 aromatic carbocycles. The highest BCUT2D eigenvalue weighted by atomic mass is 16.5. The van der Waals surface area contributed by atoms with E-state index in [9.17, 15) is 4.79 Å². The van der Waals surface area contributed by atoms with E-state index >= 15 is 0 Å². The summed E-state index contributed by atoms with van der Waals surface area (Å²) in [5.41, 5.74) is 5.64. The molecule has 0 unspecified atom stereocenters. The van der Waals surface area contributed by atoms with Crippen LogP contribution >= 0.6 is 0 Å². The molecule has 2 heterocycles. The lowest BCUT2D eigenvalue weighted by Gasteiger charge is -2.26. The summed E-state index contributed by atoms with van der Waals surface area (Å²) in [5, 5.41) is 3.37. The fraction of sp³-hybridized carbons (Fsp3) is 0.400. The Hall–Kier alpha value is -2.24. The van der Waals surface area contributed by atoms with Crippen molar-refractivity contribution >= 4 is 11.6 Å². The number of aromatic nitrogens is 1. The second-order valence-corrected chi connectivity index (χ2v) is 6.25. The molecule has 25 heavy (non-hydrogen) atoms. The van der Waals surface area contributed by atoms with E-state index in [-0.39, 0.29) is 5.91 Å². The number of anilines is 1. The number of benzene rings is 1. The molecule has 1 aromatic heterocycles. The summed E-state index contributed by atoms with van der Waals surface area (Å²) in [6.07, 6.45) is 5.17. The summed E-state index contributed by atoms with van der Waals surface area (Å²) in [7, 11) is 1.84. The number of aryl methyl sites for hydroxylation is 1. The molecule has 0 saturated heterocycles. The molecular weight excluding hydrogens is 314 g/mol. The van der Waals surface area contributed by atoms with E-state index in [0.717, 1.165) is 55.1 Å². The number of ether oxygens (including phenoxy) is 1. The van der Waals surface area contributed by atoms with Gasteiger partial charge in [0, 0.05) is 56.8 Å². The van der Waals surface area contributed by atoms with Crippen LogP contribution in [0.4, 0.5) is 5.69 Å². The topological polar surface area (TPSA) is 54.5 Å². The van der Waals surface area contributed by atoms with E-state index in [1.54, 1.807) is 4.90 Å². The Labute approximate surface area is 149 Å². The molecule has 0 spiro atoms. The third kappa shape index (κ3) is 4.24. The van der Waals surface area contributed by atoms with Crippen molar-refractivity contribution in [2.24, 2.45) is 0 Å². The van der Waals surface area contributed by atoms with E-state index in [1.165, 1.54) is 5.56 Å². The normalized spacial score (nSPS) is 13.8. The first-order valence-corrected chi connectivity index (χ1v) is 8.81. The van der Waals surface area contributed by atoms with Crippen LogP contribution in [0, 0.1) is 0 Å². The lowest BCUT2D eigenvalue weighted by Crippen LogP contribution is -2.30. The van der Waals surface area contributed by atoms with Gasteiger partial charge in [-0.05, 0) is 48.2 Å². The van der Waals surface area contributed by atoms with Crippen molar-refractivity contribution < 1.29 is 9.53 Å². The molecule has 5 nitrogen and oxygen atoms in total. The minimum atomic E-state index is 0.182. The van der Waals surface area contributed by atoms with Crippen molar-refractivity contribution in [1.82, 2.24) is 10.3 Å². The number of fused-ring (bicyclic) bond motifs is 1. The molecule has 1 aliphatic heterocycles. The van der Waals surface area contributed by atoms with Gasteiger partial charge in [0.15, 0.2) is 0 Å². The lowest BCUT2D eigenvalue weighted by molar-refractivity contribution is -0.118. The third-order valence-corrected chi connectivity index (χ3v) is 4.51. The highest BCUT2D eigenvalue weighted by Crippen LogP contribution is 2.31. The van der Waals surface area contributed by atoms with Crippen LogP contribution in [0.1, 0.15) is 24.5 Å². The molecule has 0 bridgehead atoms. The first-order chi connectivity index (χ1) is 12.2. The Bertz CT molecular complexity index is 745. The summed E-state index contributed by atoms with van der Waals surface area (Å²) < 4.78 is 5.33. The van der Waals surface area contributed by atoms with Gasteiger partial charge in [-0.2, -0.15) is 0 Å². The van der Waals surface area contributed by atoms with Crippen molar-refractivity contribution in [3.63, 3.8) is 0 Å². The summed E-state index contributed by atoms with van der Waals surface area (Å²) in [5.74, 6) is 0.182. The van der Waals surface area contributed by atoms with Crippen molar-refractivity contribution in [3.8, 4) is 11.1 Å². The van der Waals surface area contributed by atoms with Gasteiger partial charge in [-0.3, -0.25) is 9.78 Å². The zero-order valence-electron chi connectivity index (χ0n) is 14.9. The Morgan fingerprint density at radius 3 is 2.92 bits per heavy atom. The number of nitrogens with one attached hydrogen (secondary N) is 1. The Balaban J connectivity index is 1.72. The molecule has 0 atom stereocenters. The molecule has 1 amide bonds. The number of nitrogens with zero attached hydrogens (tertiary/aromatic N) is 2. The van der Waals surface area contributed by atoms with Crippen LogP contribution in [0.3, 0.4) is 0 Å². The molecule has 0 saturated carbocycles. The number of hydrogen-bond acceptors (Lipinski definition) is 4. The minimum absolute atomic E-state index is 0.182. The molecule has 1 aliphatic rings. The van der Waals surface area contributed by atoms with E-state index in [2.05, 4.69) is 28.5 Å². The van der Waals surface area contributed by atoms with Gasteiger partial charge in [0.2, 0.25) is 5.91 Å². The predicted octanol–water partition coefficient (Wildman–Crippen LogP) is 2.78. The maximum atomic E-state index is 11.8. The van der Waals surface area contributed by atoms with Crippen LogP contribution in [0.25, 0.3) is 11.1 Å². The van der Waals surface area contributed by atoms with Gasteiger partial charge in [-0.15, -0.1) is 0 Å². The maximum Gasteiger partial charge on any atom is 0.227 e. The molecule has 0 radical (unpaired) electrons. The Morgan fingerprint density at radius 1 is 1.20 bits per heavy atom. The maximum absolute atomic E-state index is 11.8. The number of rotatable bonds is 7. The first kappa shape index (κ1) is 17.6. The number of carbonyl (C=O) groups is 1. The summed E-state index contributed by atoms with van der Waals surface area (Å²) in [6, 6.07) is 8.45. The average molecular weight is 339 g/mol. The second-order valence-electron chi connectivity index (χ2n) is 6.25. The van der Waals surface area contributed by atoms with Gasteiger partial charge in [-0.25, -0.2) is 0 Å². The fourth-order valence-corrected chi connectivity index (χ4v) is 3.10. The van der Waals surface area contributed by atoms with E-state index in [0.29, 0.717) is 6.42 Å². The molecule has 0 aliphatic carbocycles. The molecule has 0 fully saturated rings. The van der Waals surface area contributed by atoms with Crippen molar-refractivity contribution in [2.75, 3.05) is 31.7 Å². The quantitative estimate of drug-likeness (QED) is 0.788. The Kier molecular flexibility index (Phi) is 5.79. The number of amides is 1. The number of carbonyl (C=O) groups excluding carboxylic acids is 1. The fourth-order valence-electron chi connectivity index (χ4n) is 3.10. The highest BCUT2D eigenvalue weighted by Gasteiger charge is 2.20. The largest absolute Gasteiger partial charge is 0.380 e. The molecular formula is C20H25N3O2. The van der Waals surface area contributed by atoms with E-state index in [4.69, 9.17) is 4.74 Å². The second kappa shape index (κ2) is 8.23. The Morgan fingerprint density at radius 2 is 2.08 bits per heavy atom. The van der Waals surface area contributed by atoms with Gasteiger partial charge < -0.3 is 15.0 Å². The molecule has 2 aromatic rings. The van der Waals surface area contributed by atoms with Crippen molar-refractivity contribution in [1.29, 1.82) is 0 Å². The van der Waals surface area contributed by atoms with Crippen LogP contribution in [0.5, 0.6) is 0 Å². The molecule has 5 heteroatoms. The summed E-state index contributed by atoms with van der Waals surface area (Å²) in [4.78, 5) is 18.0. The monoisotopic (exact) mass is 339 g/mol. The summed E-state index contributed by atoms with van der Waals surface area (Å²) in [6.45, 7) is 5.07. The van der Waals surface area contributed by atoms with Crippen molar-refractivity contribution in [3.05, 3.63) is 47.8 Å². The highest BCUT2D eigenvalue weighted by molar-refractivity contribution is 5.96. The van der Waals surface area contributed by atoms with Gasteiger partial charge in [0.05, 0.1) is 6.61 Å². The minimum Gasteiger partial charge on any atom is -0.380 e. The standard InChI is InChI=1S/C20H25N3O2/c1-3-25-9-8-21-12-15-10-18(14-22-13-15)16-4-6-19-17(11-16)5-7-20(24)23(19)2/h4,6,10-11,13-14,21H,3,5,7-9,12H2,1-2H3. The van der Waals surface area contributed by atoms with Crippen LogP contribution in [0.2, 0.25) is 0 Å². The average Bonchev–Trinajstić information content (AvgIpc) is 2.65. The molecule has 1 N–H and O–H groups in total. The molecule has 132 valence electrons. The van der Waals surface area contributed by atoms with Gasteiger partial charge >= 0.3 is 0 Å². The summed E-state index contributed by atoms with van der Waals surface area (Å²) >= 11 is 0. The van der Waals surface area contributed by atoms with E-state index < -0.39 is 0 Å². The number of hydrogen-bond donors (Lipinski definition) is 1. The lowest BCUT2D eigenvalue weighted by atomic mass is 9.96. The number of pyridine rings is 1. The van der Waals surface area contributed by atoms with Crippen molar-refractivity contribution in [2.45, 2.75) is 26.3 Å². The van der Waals surface area contributed by atoms with E-state index in [1.807, 2.05) is 32.4 Å². The van der Waals surface area contributed by atoms with Crippen LogP contribution in [0.15, 0.2) is 36.7 Å². The van der Waals surface area contributed by atoms with Gasteiger partial charge in [0.25, 0.3) is 0 Å². The third-order valence-electron chi connectivity index (χ3n) is 4.51. The predicted molar refractivity (Wildman–Crippen MR) is 99.6 cm³/mol. The zero-order valence-corrected chi connectivity index (χ0v) is 14.9. The SMILES string of the molecule is CCOCCNCc1cncc(-c2ccc3c(c2)CCC(=O)N3C)c1.